The molecule has 5 nitrogen and oxygen atoms in total. The largest absolute Gasteiger partial charge is 0.328 e. The number of aryl methyl sites for hydroxylation is 1. The number of rotatable bonds is 3. The number of hydrogen-bond donors (Lipinski definition) is 1. The number of H-pyrrole nitrogens is 1. The minimum absolute atomic E-state index is 0.0559. The van der Waals surface area contributed by atoms with E-state index in [1.54, 1.807) is 0 Å². The average molecular weight is 280 g/mol. The van der Waals surface area contributed by atoms with E-state index in [1.165, 1.54) is 13.1 Å². The van der Waals surface area contributed by atoms with Crippen LogP contribution < -0.4 is 11.2 Å². The van der Waals surface area contributed by atoms with E-state index in [9.17, 15) is 23.2 Å². The van der Waals surface area contributed by atoms with E-state index < -0.39 is 28.7 Å². The predicted molar refractivity (Wildman–Crippen MR) is 66.7 cm³/mol. The van der Waals surface area contributed by atoms with Crippen molar-refractivity contribution in [3.05, 3.63) is 68.0 Å². The van der Waals surface area contributed by atoms with Gasteiger partial charge in [-0.2, -0.15) is 0 Å². The summed E-state index contributed by atoms with van der Waals surface area (Å²) in [4.78, 5) is 36.6. The topological polar surface area (TPSA) is 71.9 Å². The monoisotopic (exact) mass is 280 g/mol. The fraction of sp³-hybridized carbons (Fsp3) is 0.154. The zero-order valence-corrected chi connectivity index (χ0v) is 10.4. The molecule has 1 aromatic heterocycles. The van der Waals surface area contributed by atoms with E-state index in [1.807, 2.05) is 4.98 Å². The Kier molecular flexibility index (Phi) is 3.60. The number of hydrogen-bond acceptors (Lipinski definition) is 3. The highest BCUT2D eigenvalue weighted by Crippen LogP contribution is 2.09. The molecule has 0 radical (unpaired) electrons. The molecule has 2 rings (SSSR count). The van der Waals surface area contributed by atoms with Crippen LogP contribution in [-0.2, 0) is 6.54 Å². The number of benzene rings is 1. The molecule has 0 aliphatic carbocycles. The summed E-state index contributed by atoms with van der Waals surface area (Å²) in [6, 6.07) is 2.73. The molecule has 0 unspecified atom stereocenters. The number of aromatic amines is 1. The minimum atomic E-state index is -1.14. The first-order valence-corrected chi connectivity index (χ1v) is 5.67. The van der Waals surface area contributed by atoms with Crippen LogP contribution >= 0.6 is 0 Å². The van der Waals surface area contributed by atoms with Gasteiger partial charge in [0.15, 0.2) is 17.4 Å². The van der Waals surface area contributed by atoms with Crippen molar-refractivity contribution in [3.63, 3.8) is 0 Å². The summed E-state index contributed by atoms with van der Waals surface area (Å²) in [5, 5.41) is 0. The fourth-order valence-electron chi connectivity index (χ4n) is 1.65. The number of carbonyl (C=O) groups excluding carboxylic acids is 1. The smallest absolute Gasteiger partial charge is 0.293 e. The molecule has 0 fully saturated rings. The molecule has 1 aromatic carbocycles. The highest BCUT2D eigenvalue weighted by atomic mass is 19.2. The Morgan fingerprint density at radius 2 is 1.95 bits per heavy atom. The number of nitrogens with zero attached hydrogens (tertiary/aromatic N) is 1. The molecule has 7 heteroatoms. The fourth-order valence-corrected chi connectivity index (χ4v) is 1.65. The van der Waals surface area contributed by atoms with Crippen LogP contribution in [0.1, 0.15) is 15.9 Å². The molecule has 0 amide bonds. The molecule has 0 aliphatic heterocycles. The van der Waals surface area contributed by atoms with Gasteiger partial charge in [-0.3, -0.25) is 19.1 Å². The van der Waals surface area contributed by atoms with Gasteiger partial charge in [-0.1, -0.05) is 0 Å². The van der Waals surface area contributed by atoms with Crippen molar-refractivity contribution in [2.24, 2.45) is 0 Å². The zero-order chi connectivity index (χ0) is 14.9. The molecule has 0 aliphatic rings. The zero-order valence-electron chi connectivity index (χ0n) is 10.4. The highest BCUT2D eigenvalue weighted by molar-refractivity contribution is 5.95. The Morgan fingerprint density at radius 3 is 2.60 bits per heavy atom. The van der Waals surface area contributed by atoms with Gasteiger partial charge in [0.25, 0.3) is 5.56 Å². The summed E-state index contributed by atoms with van der Waals surface area (Å²) in [5.74, 6) is -2.77. The maximum atomic E-state index is 13.0. The number of nitrogens with one attached hydrogen (secondary N) is 1. The van der Waals surface area contributed by atoms with E-state index >= 15 is 0 Å². The lowest BCUT2D eigenvalue weighted by atomic mass is 10.1. The quantitative estimate of drug-likeness (QED) is 0.853. The highest BCUT2D eigenvalue weighted by Gasteiger charge is 2.12. The van der Waals surface area contributed by atoms with Gasteiger partial charge < -0.3 is 0 Å². The van der Waals surface area contributed by atoms with Crippen LogP contribution in [0.4, 0.5) is 8.78 Å². The van der Waals surface area contributed by atoms with E-state index in [4.69, 9.17) is 0 Å². The Balaban J connectivity index is 2.32. The Morgan fingerprint density at radius 1 is 1.25 bits per heavy atom. The second kappa shape index (κ2) is 5.20. The summed E-state index contributed by atoms with van der Waals surface area (Å²) >= 11 is 0. The number of ketones is 1. The molecule has 0 saturated carbocycles. The van der Waals surface area contributed by atoms with Crippen LogP contribution in [0, 0.1) is 18.6 Å². The lowest BCUT2D eigenvalue weighted by Gasteiger charge is -2.05. The molecular formula is C13H10F2N2O3. The van der Waals surface area contributed by atoms with Gasteiger partial charge in [-0.05, 0) is 25.1 Å². The summed E-state index contributed by atoms with van der Waals surface area (Å²) in [5.41, 5.74) is -1.06. The van der Waals surface area contributed by atoms with Crippen LogP contribution in [0.3, 0.4) is 0 Å². The van der Waals surface area contributed by atoms with Crippen molar-refractivity contribution in [2.45, 2.75) is 13.5 Å². The van der Waals surface area contributed by atoms with Crippen molar-refractivity contribution in [2.75, 3.05) is 0 Å². The van der Waals surface area contributed by atoms with Gasteiger partial charge in [-0.25, -0.2) is 13.6 Å². The Hall–Kier alpha value is -2.57. The SMILES string of the molecule is Cc1cn(CC(=O)c2ccc(F)c(F)c2)c(=O)[nH]c1=O. The molecular weight excluding hydrogens is 270 g/mol. The lowest BCUT2D eigenvalue weighted by Crippen LogP contribution is -2.32. The van der Waals surface area contributed by atoms with Crippen molar-refractivity contribution < 1.29 is 13.6 Å². The minimum Gasteiger partial charge on any atom is -0.293 e. The van der Waals surface area contributed by atoms with Gasteiger partial charge in [0.1, 0.15) is 0 Å². The van der Waals surface area contributed by atoms with E-state index in [0.29, 0.717) is 0 Å². The molecule has 0 atom stereocenters. The first-order valence-electron chi connectivity index (χ1n) is 5.67. The van der Waals surface area contributed by atoms with E-state index in [0.717, 1.165) is 22.8 Å². The normalized spacial score (nSPS) is 10.6. The summed E-state index contributed by atoms with van der Waals surface area (Å²) < 4.78 is 26.8. The number of carbonyl (C=O) groups is 1. The first kappa shape index (κ1) is 13.9. The number of halogens is 2. The van der Waals surface area contributed by atoms with Crippen LogP contribution in [0.5, 0.6) is 0 Å². The molecule has 2 aromatic rings. The summed E-state index contributed by atoms with van der Waals surface area (Å²) in [6.45, 7) is 1.11. The third-order valence-corrected chi connectivity index (χ3v) is 2.74. The second-order valence-corrected chi connectivity index (χ2v) is 4.25. The maximum absolute atomic E-state index is 13.0. The average Bonchev–Trinajstić information content (AvgIpc) is 2.39. The van der Waals surface area contributed by atoms with Crippen LogP contribution in [0.25, 0.3) is 0 Å². The number of aromatic nitrogens is 2. The van der Waals surface area contributed by atoms with Gasteiger partial charge in [0.2, 0.25) is 0 Å². The first-order chi connectivity index (χ1) is 9.38. The second-order valence-electron chi connectivity index (χ2n) is 4.25. The van der Waals surface area contributed by atoms with Gasteiger partial charge in [0, 0.05) is 17.3 Å². The molecule has 1 heterocycles. The summed E-state index contributed by atoms with van der Waals surface area (Å²) in [6.07, 6.45) is 1.24. The van der Waals surface area contributed by atoms with E-state index in [2.05, 4.69) is 0 Å². The van der Waals surface area contributed by atoms with Crippen LogP contribution in [0.15, 0.2) is 34.0 Å². The van der Waals surface area contributed by atoms with Gasteiger partial charge in [-0.15, -0.1) is 0 Å². The third kappa shape index (κ3) is 2.71. The molecule has 1 N–H and O–H groups in total. The maximum Gasteiger partial charge on any atom is 0.328 e. The third-order valence-electron chi connectivity index (χ3n) is 2.74. The Labute approximate surface area is 111 Å². The van der Waals surface area contributed by atoms with Gasteiger partial charge >= 0.3 is 5.69 Å². The Bertz CT molecular complexity index is 793. The molecule has 104 valence electrons. The standard InChI is InChI=1S/C13H10F2N2O3/c1-7-5-17(13(20)16-12(7)19)6-11(18)8-2-3-9(14)10(15)4-8/h2-5H,6H2,1H3,(H,16,19,20). The van der Waals surface area contributed by atoms with Crippen LogP contribution in [0.2, 0.25) is 0 Å². The molecule has 0 spiro atoms. The predicted octanol–water partition coefficient (Wildman–Crippen LogP) is 1.01. The number of Topliss-reactive ketones (excluding diaryl/α,β-unsaturated/α-hetero) is 1. The van der Waals surface area contributed by atoms with Crippen LogP contribution in [-0.4, -0.2) is 15.3 Å². The van der Waals surface area contributed by atoms with Crippen molar-refractivity contribution in [1.82, 2.24) is 9.55 Å². The van der Waals surface area contributed by atoms with Crippen molar-refractivity contribution in [3.8, 4) is 0 Å². The summed E-state index contributed by atoms with van der Waals surface area (Å²) in [7, 11) is 0. The van der Waals surface area contributed by atoms with Crippen molar-refractivity contribution in [1.29, 1.82) is 0 Å². The molecule has 0 saturated heterocycles. The van der Waals surface area contributed by atoms with E-state index in [-0.39, 0.29) is 17.7 Å². The molecule has 0 bridgehead atoms. The van der Waals surface area contributed by atoms with Gasteiger partial charge in [0.05, 0.1) is 6.54 Å². The van der Waals surface area contributed by atoms with Crippen molar-refractivity contribution >= 4 is 5.78 Å². The lowest BCUT2D eigenvalue weighted by molar-refractivity contribution is 0.0969. The molecule has 20 heavy (non-hydrogen) atoms.